The molecule has 1 rings (SSSR count). The van der Waals surface area contributed by atoms with Gasteiger partial charge in [-0.2, -0.15) is 0 Å². The Hall–Kier alpha value is -0.200. The minimum absolute atomic E-state index is 0.0701. The molecule has 3 N–H and O–H groups in total. The van der Waals surface area contributed by atoms with Gasteiger partial charge in [0.25, 0.3) is 0 Å². The lowest BCUT2D eigenvalue weighted by molar-refractivity contribution is -0.0172. The zero-order valence-electron chi connectivity index (χ0n) is 14.2. The second kappa shape index (κ2) is 7.18. The van der Waals surface area contributed by atoms with Crippen LogP contribution in [0.15, 0.2) is 0 Å². The molecule has 5 heteroatoms. The number of nitrogens with zero attached hydrogens (tertiary/aromatic N) is 2. The average Bonchev–Trinajstić information content (AvgIpc) is 2.32. The van der Waals surface area contributed by atoms with Gasteiger partial charge in [0.2, 0.25) is 0 Å². The second-order valence-electron chi connectivity index (χ2n) is 7.62. The molecule has 1 heterocycles. The molecule has 1 aliphatic rings. The summed E-state index contributed by atoms with van der Waals surface area (Å²) < 4.78 is 5.64. The van der Waals surface area contributed by atoms with Gasteiger partial charge >= 0.3 is 0 Å². The molecule has 5 nitrogen and oxygen atoms in total. The molecular weight excluding hydrogens is 252 g/mol. The van der Waals surface area contributed by atoms with Crippen molar-refractivity contribution in [2.24, 2.45) is 5.73 Å². The van der Waals surface area contributed by atoms with Gasteiger partial charge in [0.15, 0.2) is 0 Å². The highest BCUT2D eigenvalue weighted by Crippen LogP contribution is 2.16. The Kier molecular flexibility index (Phi) is 6.41. The van der Waals surface area contributed by atoms with Gasteiger partial charge in [-0.05, 0) is 41.5 Å². The van der Waals surface area contributed by atoms with Crippen molar-refractivity contribution in [2.75, 3.05) is 39.5 Å². The Morgan fingerprint density at radius 1 is 1.05 bits per heavy atom. The summed E-state index contributed by atoms with van der Waals surface area (Å²) in [6.45, 7) is 18.6. The van der Waals surface area contributed by atoms with Crippen molar-refractivity contribution in [3.63, 3.8) is 0 Å². The van der Waals surface area contributed by atoms with Crippen molar-refractivity contribution in [3.05, 3.63) is 0 Å². The Morgan fingerprint density at radius 3 is 2.05 bits per heavy atom. The molecule has 0 bridgehead atoms. The van der Waals surface area contributed by atoms with Crippen molar-refractivity contribution < 1.29 is 4.74 Å². The predicted octanol–water partition coefficient (Wildman–Crippen LogP) is 1.05. The Labute approximate surface area is 124 Å². The summed E-state index contributed by atoms with van der Waals surface area (Å²) >= 11 is 0. The lowest BCUT2D eigenvalue weighted by atomic mass is 10.0. The first-order chi connectivity index (χ1) is 9.09. The number of piperazine rings is 1. The van der Waals surface area contributed by atoms with E-state index in [-0.39, 0.29) is 17.3 Å². The summed E-state index contributed by atoms with van der Waals surface area (Å²) in [7, 11) is 0. The minimum atomic E-state index is -0.102. The van der Waals surface area contributed by atoms with E-state index in [1.807, 2.05) is 0 Å². The molecule has 0 amide bonds. The van der Waals surface area contributed by atoms with Crippen LogP contribution in [0.25, 0.3) is 0 Å². The van der Waals surface area contributed by atoms with Crippen molar-refractivity contribution in [1.82, 2.24) is 15.1 Å². The van der Waals surface area contributed by atoms with E-state index < -0.39 is 0 Å². The van der Waals surface area contributed by atoms with Crippen molar-refractivity contribution in [3.8, 4) is 0 Å². The maximum atomic E-state index is 6.24. The number of nitrogens with two attached hydrogens (primary N) is 1. The van der Waals surface area contributed by atoms with Gasteiger partial charge in [0.1, 0.15) is 0 Å². The molecule has 1 aliphatic heterocycles. The number of rotatable bonds is 5. The van der Waals surface area contributed by atoms with Crippen LogP contribution in [0.3, 0.4) is 0 Å². The highest BCUT2D eigenvalue weighted by atomic mass is 16.5. The van der Waals surface area contributed by atoms with E-state index >= 15 is 0 Å². The third-order valence-electron chi connectivity index (χ3n) is 3.69. The van der Waals surface area contributed by atoms with Crippen LogP contribution in [0.5, 0.6) is 0 Å². The van der Waals surface area contributed by atoms with Crippen LogP contribution in [-0.4, -0.2) is 66.6 Å². The fraction of sp³-hybridized carbons (Fsp3) is 1.00. The normalized spacial score (nSPS) is 21.1. The molecule has 1 atom stereocenters. The van der Waals surface area contributed by atoms with Gasteiger partial charge in [-0.3, -0.25) is 15.1 Å². The topological polar surface area (TPSA) is 53.8 Å². The molecule has 0 radical (unpaired) electrons. The van der Waals surface area contributed by atoms with Crippen LogP contribution >= 0.6 is 0 Å². The molecule has 1 fully saturated rings. The van der Waals surface area contributed by atoms with E-state index in [9.17, 15) is 0 Å². The van der Waals surface area contributed by atoms with Gasteiger partial charge < -0.3 is 10.5 Å². The quantitative estimate of drug-likeness (QED) is 0.584. The van der Waals surface area contributed by atoms with Crippen molar-refractivity contribution >= 4 is 0 Å². The zero-order valence-corrected chi connectivity index (χ0v) is 14.2. The number of hydrogen-bond donors (Lipinski definition) is 2. The van der Waals surface area contributed by atoms with Gasteiger partial charge in [0, 0.05) is 38.3 Å². The Bertz CT molecular complexity index is 275. The first kappa shape index (κ1) is 17.9. The average molecular weight is 286 g/mol. The van der Waals surface area contributed by atoms with Gasteiger partial charge in [-0.1, -0.05) is 0 Å². The minimum Gasteiger partial charge on any atom is -0.361 e. The molecule has 0 spiro atoms. The standard InChI is InChI=1S/C15H34N4O/c1-14(2,3)19-9-7-18(8-10-19)13(16)11-17-12-20-15(4,5)6/h13,17H,7-12,16H2,1-6H3. The third-order valence-corrected chi connectivity index (χ3v) is 3.69. The van der Waals surface area contributed by atoms with Crippen LogP contribution in [0.2, 0.25) is 0 Å². The predicted molar refractivity (Wildman–Crippen MR) is 84.6 cm³/mol. The molecule has 120 valence electrons. The van der Waals surface area contributed by atoms with E-state index in [1.54, 1.807) is 0 Å². The Morgan fingerprint density at radius 2 is 1.60 bits per heavy atom. The second-order valence-corrected chi connectivity index (χ2v) is 7.62. The van der Waals surface area contributed by atoms with Crippen LogP contribution < -0.4 is 11.1 Å². The van der Waals surface area contributed by atoms with Crippen molar-refractivity contribution in [2.45, 2.75) is 58.8 Å². The molecular formula is C15H34N4O. The van der Waals surface area contributed by atoms with E-state index in [4.69, 9.17) is 10.5 Å². The highest BCUT2D eigenvalue weighted by Gasteiger charge is 2.27. The van der Waals surface area contributed by atoms with Crippen molar-refractivity contribution in [1.29, 1.82) is 0 Å². The van der Waals surface area contributed by atoms with E-state index in [0.717, 1.165) is 32.7 Å². The largest absolute Gasteiger partial charge is 0.361 e. The third kappa shape index (κ3) is 6.50. The summed E-state index contributed by atoms with van der Waals surface area (Å²) in [5.74, 6) is 0. The summed E-state index contributed by atoms with van der Waals surface area (Å²) in [6, 6.07) is 0. The van der Waals surface area contributed by atoms with Gasteiger partial charge in [-0.25, -0.2) is 0 Å². The summed E-state index contributed by atoms with van der Waals surface area (Å²) in [4.78, 5) is 4.87. The summed E-state index contributed by atoms with van der Waals surface area (Å²) in [5.41, 5.74) is 6.40. The number of nitrogens with one attached hydrogen (secondary N) is 1. The fourth-order valence-electron chi connectivity index (χ4n) is 2.33. The SMILES string of the molecule is CC(C)(C)OCNCC(N)N1CCN(C(C)(C)C)CC1. The number of ether oxygens (including phenoxy) is 1. The monoisotopic (exact) mass is 286 g/mol. The van der Waals surface area contributed by atoms with Crippen LogP contribution in [0.1, 0.15) is 41.5 Å². The van der Waals surface area contributed by atoms with Crippen LogP contribution in [-0.2, 0) is 4.74 Å². The zero-order chi connectivity index (χ0) is 15.4. The maximum absolute atomic E-state index is 6.24. The van der Waals surface area contributed by atoms with Gasteiger partial charge in [0.05, 0.1) is 18.5 Å². The molecule has 0 saturated carbocycles. The van der Waals surface area contributed by atoms with E-state index in [1.165, 1.54) is 0 Å². The van der Waals surface area contributed by atoms with E-state index in [0.29, 0.717) is 6.73 Å². The first-order valence-electron chi connectivity index (χ1n) is 7.69. The van der Waals surface area contributed by atoms with Crippen LogP contribution in [0.4, 0.5) is 0 Å². The molecule has 1 saturated heterocycles. The molecule has 0 aromatic carbocycles. The summed E-state index contributed by atoms with van der Waals surface area (Å²) in [6.07, 6.45) is 0.0701. The highest BCUT2D eigenvalue weighted by molar-refractivity contribution is 4.83. The molecule has 0 aromatic rings. The molecule has 0 aliphatic carbocycles. The lowest BCUT2D eigenvalue weighted by Crippen LogP contribution is -2.59. The maximum Gasteiger partial charge on any atom is 0.0973 e. The smallest absolute Gasteiger partial charge is 0.0973 e. The lowest BCUT2D eigenvalue weighted by Gasteiger charge is -2.43. The first-order valence-corrected chi connectivity index (χ1v) is 7.69. The molecule has 0 aromatic heterocycles. The van der Waals surface area contributed by atoms with Crippen LogP contribution in [0, 0.1) is 0 Å². The Balaban J connectivity index is 2.21. The van der Waals surface area contributed by atoms with E-state index in [2.05, 4.69) is 56.7 Å². The fourth-order valence-corrected chi connectivity index (χ4v) is 2.33. The number of hydrogen-bond acceptors (Lipinski definition) is 5. The molecule has 20 heavy (non-hydrogen) atoms. The van der Waals surface area contributed by atoms with Gasteiger partial charge in [-0.15, -0.1) is 0 Å². The molecule has 1 unspecified atom stereocenters. The summed E-state index contributed by atoms with van der Waals surface area (Å²) in [5, 5.41) is 3.28.